The van der Waals surface area contributed by atoms with Gasteiger partial charge >= 0.3 is 0 Å². The molecule has 0 unspecified atom stereocenters. The van der Waals surface area contributed by atoms with E-state index in [2.05, 4.69) is 5.32 Å². The molecule has 15 heavy (non-hydrogen) atoms. The number of allylic oxidation sites excluding steroid dienone is 2. The molecular formula is C11H21NO2S. The van der Waals surface area contributed by atoms with Crippen LogP contribution in [-0.2, 0) is 4.74 Å². The largest absolute Gasteiger partial charge is 0.396 e. The molecule has 1 rings (SSSR count). The summed E-state index contributed by atoms with van der Waals surface area (Å²) in [6.07, 6.45) is 4.87. The Balaban J connectivity index is 2.40. The van der Waals surface area contributed by atoms with E-state index in [9.17, 15) is 0 Å². The predicted octanol–water partition coefficient (Wildman–Crippen LogP) is 1.73. The minimum absolute atomic E-state index is 0.263. The quantitative estimate of drug-likeness (QED) is 0.655. The van der Waals surface area contributed by atoms with Crippen molar-refractivity contribution in [2.75, 3.05) is 32.6 Å². The van der Waals surface area contributed by atoms with Crippen LogP contribution in [0.2, 0.25) is 0 Å². The van der Waals surface area contributed by atoms with Crippen LogP contribution in [0.15, 0.2) is 10.6 Å². The van der Waals surface area contributed by atoms with E-state index < -0.39 is 0 Å². The Morgan fingerprint density at radius 3 is 2.93 bits per heavy atom. The maximum Gasteiger partial charge on any atom is 0.0635 e. The molecule has 0 aromatic carbocycles. The first kappa shape index (κ1) is 12.9. The van der Waals surface area contributed by atoms with Gasteiger partial charge in [0.1, 0.15) is 0 Å². The predicted molar refractivity (Wildman–Crippen MR) is 64.9 cm³/mol. The molecule has 1 aliphatic carbocycles. The third kappa shape index (κ3) is 4.91. The van der Waals surface area contributed by atoms with Crippen LogP contribution >= 0.6 is 11.8 Å². The van der Waals surface area contributed by atoms with Gasteiger partial charge in [0.2, 0.25) is 0 Å². The van der Waals surface area contributed by atoms with Crippen molar-refractivity contribution in [3.8, 4) is 0 Å². The van der Waals surface area contributed by atoms with E-state index in [1.165, 1.54) is 29.9 Å². The molecule has 0 saturated heterocycles. The fraction of sp³-hybridized carbons (Fsp3) is 0.818. The Bertz CT molecular complexity index is 207. The van der Waals surface area contributed by atoms with Crippen LogP contribution in [0.1, 0.15) is 25.7 Å². The molecule has 0 atom stereocenters. The number of methoxy groups -OCH3 is 1. The summed E-state index contributed by atoms with van der Waals surface area (Å²) in [4.78, 5) is 1.44. The van der Waals surface area contributed by atoms with Gasteiger partial charge in [-0.2, -0.15) is 0 Å². The minimum atomic E-state index is 0.263. The van der Waals surface area contributed by atoms with Crippen LogP contribution in [-0.4, -0.2) is 37.7 Å². The lowest BCUT2D eigenvalue weighted by Gasteiger charge is -2.21. The first-order valence-corrected chi connectivity index (χ1v) is 6.55. The average Bonchev–Trinajstić information content (AvgIpc) is 2.28. The number of hydrogen-bond donors (Lipinski definition) is 2. The lowest BCUT2D eigenvalue weighted by Crippen LogP contribution is -2.21. The van der Waals surface area contributed by atoms with Gasteiger partial charge in [-0.15, -0.1) is 11.8 Å². The first-order valence-electron chi connectivity index (χ1n) is 5.57. The highest BCUT2D eigenvalue weighted by Crippen LogP contribution is 2.31. The van der Waals surface area contributed by atoms with Gasteiger partial charge in [-0.05, 0) is 25.7 Å². The summed E-state index contributed by atoms with van der Waals surface area (Å²) in [6, 6.07) is 0. The second-order valence-corrected chi connectivity index (χ2v) is 4.79. The molecule has 0 bridgehead atoms. The number of hydrogen-bond acceptors (Lipinski definition) is 4. The Kier molecular flexibility index (Phi) is 6.88. The lowest BCUT2D eigenvalue weighted by molar-refractivity contribution is 0.201. The highest BCUT2D eigenvalue weighted by molar-refractivity contribution is 8.03. The summed E-state index contributed by atoms with van der Waals surface area (Å²) in [5, 5.41) is 12.2. The summed E-state index contributed by atoms with van der Waals surface area (Å²) in [6.45, 7) is 1.90. The van der Waals surface area contributed by atoms with E-state index in [4.69, 9.17) is 9.84 Å². The molecule has 2 N–H and O–H groups in total. The average molecular weight is 231 g/mol. The van der Waals surface area contributed by atoms with Gasteiger partial charge in [0.15, 0.2) is 0 Å². The first-order chi connectivity index (χ1) is 7.38. The third-order valence-electron chi connectivity index (χ3n) is 2.43. The van der Waals surface area contributed by atoms with E-state index in [-0.39, 0.29) is 6.61 Å². The van der Waals surface area contributed by atoms with Crippen LogP contribution in [0.5, 0.6) is 0 Å². The number of aliphatic hydroxyl groups excluding tert-OH is 1. The van der Waals surface area contributed by atoms with Crippen molar-refractivity contribution >= 4 is 11.8 Å². The summed E-state index contributed by atoms with van der Waals surface area (Å²) in [5.74, 6) is 0.810. The van der Waals surface area contributed by atoms with Crippen molar-refractivity contribution in [3.05, 3.63) is 10.6 Å². The van der Waals surface area contributed by atoms with E-state index in [1.54, 1.807) is 18.9 Å². The number of nitrogens with one attached hydrogen (secondary N) is 1. The number of aliphatic hydroxyl groups is 1. The molecule has 0 radical (unpaired) electrons. The molecule has 0 spiro atoms. The van der Waals surface area contributed by atoms with E-state index in [1.807, 2.05) is 0 Å². The van der Waals surface area contributed by atoms with Gasteiger partial charge in [-0.1, -0.05) is 0 Å². The van der Waals surface area contributed by atoms with Gasteiger partial charge in [0.25, 0.3) is 0 Å². The Morgan fingerprint density at radius 1 is 1.40 bits per heavy atom. The highest BCUT2D eigenvalue weighted by Gasteiger charge is 2.12. The molecule has 3 nitrogen and oxygen atoms in total. The summed E-state index contributed by atoms with van der Waals surface area (Å²) < 4.78 is 5.02. The number of thioether (sulfide) groups is 1. The fourth-order valence-electron chi connectivity index (χ4n) is 1.70. The zero-order valence-electron chi connectivity index (χ0n) is 9.42. The summed E-state index contributed by atoms with van der Waals surface area (Å²) in [5.41, 5.74) is 1.37. The van der Waals surface area contributed by atoms with Gasteiger partial charge in [0.05, 0.1) is 13.2 Å². The second kappa shape index (κ2) is 8.02. The highest BCUT2D eigenvalue weighted by atomic mass is 32.2. The molecule has 0 amide bonds. The van der Waals surface area contributed by atoms with Gasteiger partial charge in [0, 0.05) is 30.0 Å². The molecule has 0 saturated carbocycles. The zero-order valence-corrected chi connectivity index (χ0v) is 10.2. The van der Waals surface area contributed by atoms with E-state index >= 15 is 0 Å². The van der Waals surface area contributed by atoms with Crippen molar-refractivity contribution in [1.82, 2.24) is 5.32 Å². The SMILES string of the molecule is COCCNC1=C(SCCO)CCCC1. The topological polar surface area (TPSA) is 41.5 Å². The van der Waals surface area contributed by atoms with Crippen molar-refractivity contribution in [3.63, 3.8) is 0 Å². The fourth-order valence-corrected chi connectivity index (χ4v) is 2.67. The summed E-state index contributed by atoms with van der Waals surface area (Å²) in [7, 11) is 1.72. The molecule has 0 aromatic heterocycles. The molecule has 0 aromatic rings. The van der Waals surface area contributed by atoms with Crippen LogP contribution in [0, 0.1) is 0 Å². The lowest BCUT2D eigenvalue weighted by atomic mass is 10.0. The van der Waals surface area contributed by atoms with Gasteiger partial charge in [-0.25, -0.2) is 0 Å². The van der Waals surface area contributed by atoms with Crippen molar-refractivity contribution in [1.29, 1.82) is 0 Å². The minimum Gasteiger partial charge on any atom is -0.396 e. The maximum atomic E-state index is 8.81. The number of rotatable bonds is 7. The second-order valence-electron chi connectivity index (χ2n) is 3.60. The molecule has 0 aliphatic heterocycles. The molecule has 4 heteroatoms. The van der Waals surface area contributed by atoms with E-state index in [0.29, 0.717) is 0 Å². The Hall–Kier alpha value is -0.190. The van der Waals surface area contributed by atoms with Gasteiger partial charge in [-0.3, -0.25) is 0 Å². The van der Waals surface area contributed by atoms with Crippen molar-refractivity contribution in [2.45, 2.75) is 25.7 Å². The third-order valence-corrected chi connectivity index (χ3v) is 3.62. The van der Waals surface area contributed by atoms with Crippen molar-refractivity contribution in [2.24, 2.45) is 0 Å². The molecule has 1 aliphatic rings. The smallest absolute Gasteiger partial charge is 0.0635 e. The Morgan fingerprint density at radius 2 is 2.20 bits per heavy atom. The van der Waals surface area contributed by atoms with Gasteiger partial charge < -0.3 is 15.2 Å². The maximum absolute atomic E-state index is 8.81. The molecule has 88 valence electrons. The van der Waals surface area contributed by atoms with Crippen LogP contribution in [0.3, 0.4) is 0 Å². The molecule has 0 heterocycles. The van der Waals surface area contributed by atoms with Crippen molar-refractivity contribution < 1.29 is 9.84 Å². The van der Waals surface area contributed by atoms with E-state index in [0.717, 1.165) is 25.3 Å². The monoisotopic (exact) mass is 231 g/mol. The number of ether oxygens (including phenoxy) is 1. The normalized spacial score (nSPS) is 16.9. The van der Waals surface area contributed by atoms with Crippen LogP contribution in [0.25, 0.3) is 0 Å². The Labute approximate surface area is 96.3 Å². The standard InChI is InChI=1S/C11H21NO2S/c1-14-8-6-12-10-4-2-3-5-11(10)15-9-7-13/h12-13H,2-9H2,1H3. The zero-order chi connectivity index (χ0) is 10.9. The summed E-state index contributed by atoms with van der Waals surface area (Å²) >= 11 is 1.79. The molecule has 0 fully saturated rings. The molecular weight excluding hydrogens is 210 g/mol. The van der Waals surface area contributed by atoms with Crippen LogP contribution < -0.4 is 5.32 Å². The van der Waals surface area contributed by atoms with Crippen LogP contribution in [0.4, 0.5) is 0 Å².